The van der Waals surface area contributed by atoms with E-state index in [2.05, 4.69) is 4.72 Å². The molecule has 0 radical (unpaired) electrons. The number of nitrogens with two attached hydrogens (primary N) is 1. The molecule has 14 heavy (non-hydrogen) atoms. The molecule has 0 fully saturated rings. The highest BCUT2D eigenvalue weighted by Gasteiger charge is 2.09. The van der Waals surface area contributed by atoms with Crippen molar-refractivity contribution in [2.75, 3.05) is 7.05 Å². The fraction of sp³-hybridized carbons (Fsp3) is 0.250. The lowest BCUT2D eigenvalue weighted by molar-refractivity contribution is -0.385. The summed E-state index contributed by atoms with van der Waals surface area (Å²) in [6.07, 6.45) is 0. The molecule has 0 amide bonds. The van der Waals surface area contributed by atoms with Crippen molar-refractivity contribution in [3.05, 3.63) is 33.9 Å². The van der Waals surface area contributed by atoms with Gasteiger partial charge >= 0.3 is 0 Å². The fourth-order valence-corrected chi connectivity index (χ4v) is 1.68. The summed E-state index contributed by atoms with van der Waals surface area (Å²) in [5.41, 5.74) is 6.34. The number of nitrogens with one attached hydrogen (secondary N) is 1. The first-order valence-corrected chi connectivity index (χ1v) is 4.81. The van der Waals surface area contributed by atoms with Gasteiger partial charge in [-0.2, -0.15) is 0 Å². The molecule has 1 aromatic carbocycles. The number of hydrogen-bond donors (Lipinski definition) is 2. The topological polar surface area (TPSA) is 81.2 Å². The van der Waals surface area contributed by atoms with Crippen LogP contribution in [0.25, 0.3) is 0 Å². The van der Waals surface area contributed by atoms with E-state index in [4.69, 9.17) is 5.73 Å². The molecule has 0 heterocycles. The maximum Gasteiger partial charge on any atom is 0.269 e. The molecule has 0 spiro atoms. The van der Waals surface area contributed by atoms with Crippen molar-refractivity contribution in [3.8, 4) is 0 Å². The highest BCUT2D eigenvalue weighted by molar-refractivity contribution is 7.97. The van der Waals surface area contributed by atoms with Gasteiger partial charge in [0.1, 0.15) is 0 Å². The van der Waals surface area contributed by atoms with Crippen LogP contribution in [-0.4, -0.2) is 12.0 Å². The lowest BCUT2D eigenvalue weighted by Crippen LogP contribution is -2.02. The van der Waals surface area contributed by atoms with Crippen LogP contribution in [0.4, 0.5) is 5.69 Å². The van der Waals surface area contributed by atoms with E-state index < -0.39 is 4.92 Å². The summed E-state index contributed by atoms with van der Waals surface area (Å²) in [5.74, 6) is 0. The molecule has 0 saturated carbocycles. The van der Waals surface area contributed by atoms with Crippen molar-refractivity contribution >= 4 is 17.6 Å². The van der Waals surface area contributed by atoms with E-state index >= 15 is 0 Å². The van der Waals surface area contributed by atoms with Gasteiger partial charge in [-0.1, -0.05) is 0 Å². The third-order valence-electron chi connectivity index (χ3n) is 1.69. The predicted molar refractivity (Wildman–Crippen MR) is 55.9 cm³/mol. The molecule has 0 bridgehead atoms. The summed E-state index contributed by atoms with van der Waals surface area (Å²) >= 11 is 1.39. The Morgan fingerprint density at radius 3 is 2.86 bits per heavy atom. The maximum atomic E-state index is 10.5. The number of nitro benzene ring substituents is 1. The monoisotopic (exact) mass is 213 g/mol. The van der Waals surface area contributed by atoms with Crippen molar-refractivity contribution in [1.29, 1.82) is 0 Å². The van der Waals surface area contributed by atoms with Crippen molar-refractivity contribution in [3.63, 3.8) is 0 Å². The van der Waals surface area contributed by atoms with Gasteiger partial charge in [0.05, 0.1) is 4.92 Å². The largest absolute Gasteiger partial charge is 0.326 e. The summed E-state index contributed by atoms with van der Waals surface area (Å²) in [4.78, 5) is 11.0. The predicted octanol–water partition coefficient (Wildman–Crippen LogP) is 1.28. The zero-order valence-corrected chi connectivity index (χ0v) is 8.50. The van der Waals surface area contributed by atoms with Crippen LogP contribution in [0.2, 0.25) is 0 Å². The van der Waals surface area contributed by atoms with Crippen LogP contribution in [0, 0.1) is 10.1 Å². The maximum absolute atomic E-state index is 10.5. The van der Waals surface area contributed by atoms with Gasteiger partial charge in [0, 0.05) is 23.6 Å². The number of rotatable bonds is 4. The zero-order valence-electron chi connectivity index (χ0n) is 7.69. The Hall–Kier alpha value is -1.11. The Morgan fingerprint density at radius 2 is 2.36 bits per heavy atom. The Labute approximate surface area is 86.0 Å². The molecule has 3 N–H and O–H groups in total. The quantitative estimate of drug-likeness (QED) is 0.447. The number of nitrogens with zero attached hydrogens (tertiary/aromatic N) is 1. The minimum Gasteiger partial charge on any atom is -0.326 e. The second-order valence-electron chi connectivity index (χ2n) is 2.56. The van der Waals surface area contributed by atoms with Crippen LogP contribution in [0.1, 0.15) is 5.56 Å². The van der Waals surface area contributed by atoms with Crippen LogP contribution >= 0.6 is 11.9 Å². The minimum atomic E-state index is -0.424. The summed E-state index contributed by atoms with van der Waals surface area (Å²) in [5, 5.41) is 10.5. The molecule has 0 aliphatic rings. The summed E-state index contributed by atoms with van der Waals surface area (Å²) in [6.45, 7) is 0.297. The normalized spacial score (nSPS) is 10.1. The number of non-ortho nitro benzene ring substituents is 1. The molecule has 0 aromatic heterocycles. The molecule has 0 aliphatic heterocycles. The van der Waals surface area contributed by atoms with Crippen LogP contribution in [0.3, 0.4) is 0 Å². The molecule has 1 rings (SSSR count). The van der Waals surface area contributed by atoms with Crippen molar-refractivity contribution in [2.24, 2.45) is 5.73 Å². The van der Waals surface area contributed by atoms with E-state index in [0.717, 1.165) is 10.5 Å². The molecule has 6 heteroatoms. The lowest BCUT2D eigenvalue weighted by Gasteiger charge is -2.05. The molecule has 0 unspecified atom stereocenters. The zero-order chi connectivity index (χ0) is 10.6. The van der Waals surface area contributed by atoms with E-state index in [1.807, 2.05) is 0 Å². The Kier molecular flexibility index (Phi) is 3.87. The third-order valence-corrected chi connectivity index (χ3v) is 2.51. The van der Waals surface area contributed by atoms with Crippen molar-refractivity contribution < 1.29 is 4.92 Å². The van der Waals surface area contributed by atoms with Crippen LogP contribution in [-0.2, 0) is 6.54 Å². The van der Waals surface area contributed by atoms with E-state index in [1.165, 1.54) is 24.1 Å². The second kappa shape index (κ2) is 4.94. The lowest BCUT2D eigenvalue weighted by atomic mass is 10.2. The number of hydrogen-bond acceptors (Lipinski definition) is 5. The first-order chi connectivity index (χ1) is 6.69. The van der Waals surface area contributed by atoms with Gasteiger partial charge in [0.25, 0.3) is 5.69 Å². The van der Waals surface area contributed by atoms with Crippen molar-refractivity contribution in [2.45, 2.75) is 11.4 Å². The highest BCUT2D eigenvalue weighted by Crippen LogP contribution is 2.24. The Morgan fingerprint density at radius 1 is 1.64 bits per heavy atom. The van der Waals surface area contributed by atoms with Gasteiger partial charge < -0.3 is 5.73 Å². The van der Waals surface area contributed by atoms with E-state index in [1.54, 1.807) is 13.1 Å². The summed E-state index contributed by atoms with van der Waals surface area (Å²) in [7, 11) is 1.78. The summed E-state index contributed by atoms with van der Waals surface area (Å²) < 4.78 is 2.90. The van der Waals surface area contributed by atoms with Gasteiger partial charge in [-0.15, -0.1) is 0 Å². The minimum absolute atomic E-state index is 0.0749. The van der Waals surface area contributed by atoms with Crippen molar-refractivity contribution in [1.82, 2.24) is 4.72 Å². The average molecular weight is 213 g/mol. The molecule has 0 saturated heterocycles. The van der Waals surface area contributed by atoms with E-state index in [9.17, 15) is 10.1 Å². The van der Waals surface area contributed by atoms with E-state index in [0.29, 0.717) is 6.54 Å². The van der Waals surface area contributed by atoms with Crippen LogP contribution in [0.5, 0.6) is 0 Å². The van der Waals surface area contributed by atoms with Crippen LogP contribution in [0.15, 0.2) is 23.1 Å². The molecule has 1 aromatic rings. The first kappa shape index (κ1) is 11.0. The molecule has 76 valence electrons. The molecular formula is C8H11N3O2S. The Bertz CT molecular complexity index is 343. The van der Waals surface area contributed by atoms with Crippen LogP contribution < -0.4 is 10.5 Å². The Balaban J connectivity index is 3.04. The molecule has 5 nitrogen and oxygen atoms in total. The van der Waals surface area contributed by atoms with Gasteiger partial charge in [-0.05, 0) is 30.6 Å². The van der Waals surface area contributed by atoms with Gasteiger partial charge in [-0.3, -0.25) is 14.8 Å². The molecule has 0 atom stereocenters. The average Bonchev–Trinajstić information content (AvgIpc) is 2.18. The standard InChI is InChI=1S/C8H11N3O2S/c1-10-14-8-3-2-7(11(12)13)4-6(8)5-9/h2-4,10H,5,9H2,1H3. The first-order valence-electron chi connectivity index (χ1n) is 4.00. The smallest absolute Gasteiger partial charge is 0.269 e. The number of benzene rings is 1. The molecular weight excluding hydrogens is 202 g/mol. The fourth-order valence-electron chi connectivity index (χ4n) is 1.05. The second-order valence-corrected chi connectivity index (χ2v) is 3.61. The van der Waals surface area contributed by atoms with Gasteiger partial charge in [-0.25, -0.2) is 0 Å². The SMILES string of the molecule is CNSc1ccc([N+](=O)[O-])cc1CN. The van der Waals surface area contributed by atoms with Gasteiger partial charge in [0.2, 0.25) is 0 Å². The highest BCUT2D eigenvalue weighted by atomic mass is 32.2. The van der Waals surface area contributed by atoms with E-state index in [-0.39, 0.29) is 5.69 Å². The number of nitro groups is 1. The van der Waals surface area contributed by atoms with Gasteiger partial charge in [0.15, 0.2) is 0 Å². The summed E-state index contributed by atoms with van der Waals surface area (Å²) in [6, 6.07) is 4.67. The molecule has 0 aliphatic carbocycles. The third kappa shape index (κ3) is 2.44.